The normalized spacial score (nSPS) is 11.9. The molecule has 49 valence electrons. The Bertz CT molecular complexity index is 96.6. The molecular formula is C5H13NOP. The van der Waals surface area contributed by atoms with E-state index in [-0.39, 0.29) is 0 Å². The van der Waals surface area contributed by atoms with Gasteiger partial charge in [-0.2, -0.15) is 0 Å². The monoisotopic (exact) mass is 134 g/mol. The van der Waals surface area contributed by atoms with Gasteiger partial charge in [0.25, 0.3) is 0 Å². The van der Waals surface area contributed by atoms with E-state index in [0.717, 1.165) is 6.42 Å². The zero-order valence-corrected chi connectivity index (χ0v) is 6.32. The Morgan fingerprint density at radius 2 is 2.12 bits per heavy atom. The first-order chi connectivity index (χ1) is 3.56. The van der Waals surface area contributed by atoms with E-state index in [1.54, 1.807) is 19.5 Å². The largest absolute Gasteiger partial charge is 0.330 e. The topological polar surface area (TPSA) is 43.1 Å². The second kappa shape index (κ2) is 3.26. The minimum absolute atomic E-state index is 0.603. The fourth-order valence-electron chi connectivity index (χ4n) is 0.385. The van der Waals surface area contributed by atoms with Crippen molar-refractivity contribution in [2.45, 2.75) is 6.42 Å². The lowest BCUT2D eigenvalue weighted by molar-refractivity contribution is 0.584. The molecule has 0 heterocycles. The molecule has 8 heavy (non-hydrogen) atoms. The fraction of sp³-hybridized carbons (Fsp3) is 0.800. The molecule has 0 amide bonds. The van der Waals surface area contributed by atoms with Gasteiger partial charge in [0, 0.05) is 6.16 Å². The fourth-order valence-corrected chi connectivity index (χ4v) is 1.16. The van der Waals surface area contributed by atoms with Gasteiger partial charge in [0.05, 0.1) is 7.14 Å². The highest BCUT2D eigenvalue weighted by molar-refractivity contribution is 7.64. The van der Waals surface area contributed by atoms with Crippen LogP contribution in [0.4, 0.5) is 0 Å². The Morgan fingerprint density at radius 1 is 1.62 bits per heavy atom. The van der Waals surface area contributed by atoms with Gasteiger partial charge in [-0.1, -0.05) is 0 Å². The van der Waals surface area contributed by atoms with E-state index in [4.69, 9.17) is 5.73 Å². The van der Waals surface area contributed by atoms with Crippen LogP contribution in [-0.2, 0) is 4.57 Å². The van der Waals surface area contributed by atoms with Crippen molar-refractivity contribution in [3.63, 3.8) is 0 Å². The highest BCUT2D eigenvalue weighted by Crippen LogP contribution is 2.40. The van der Waals surface area contributed by atoms with E-state index in [9.17, 15) is 4.57 Å². The van der Waals surface area contributed by atoms with Crippen LogP contribution in [0.2, 0.25) is 0 Å². The van der Waals surface area contributed by atoms with E-state index in [2.05, 4.69) is 0 Å². The van der Waals surface area contributed by atoms with Crippen LogP contribution in [0, 0.1) is 6.16 Å². The minimum atomic E-state index is -1.89. The quantitative estimate of drug-likeness (QED) is 0.588. The van der Waals surface area contributed by atoms with Gasteiger partial charge >= 0.3 is 0 Å². The molecule has 0 aliphatic heterocycles. The van der Waals surface area contributed by atoms with Crippen molar-refractivity contribution < 1.29 is 4.57 Å². The molecule has 0 spiro atoms. The van der Waals surface area contributed by atoms with Crippen LogP contribution in [0.25, 0.3) is 0 Å². The third-order valence-electron chi connectivity index (χ3n) is 0.735. The number of nitrogens with two attached hydrogens (primary N) is 1. The third-order valence-corrected chi connectivity index (χ3v) is 1.87. The van der Waals surface area contributed by atoms with Gasteiger partial charge in [-0.05, 0) is 26.3 Å². The predicted octanol–water partition coefficient (Wildman–Crippen LogP) is 1.12. The first kappa shape index (κ1) is 8.19. The lowest BCUT2D eigenvalue weighted by atomic mass is 10.5. The molecule has 3 heteroatoms. The maximum atomic E-state index is 10.9. The van der Waals surface area contributed by atoms with E-state index >= 15 is 0 Å². The van der Waals surface area contributed by atoms with Crippen molar-refractivity contribution >= 4 is 7.14 Å². The van der Waals surface area contributed by atoms with Crippen molar-refractivity contribution in [1.82, 2.24) is 0 Å². The Morgan fingerprint density at radius 3 is 2.25 bits per heavy atom. The Hall–Kier alpha value is 0.190. The van der Waals surface area contributed by atoms with Crippen LogP contribution < -0.4 is 5.73 Å². The van der Waals surface area contributed by atoms with Crippen molar-refractivity contribution in [2.75, 3.05) is 19.9 Å². The zero-order chi connectivity index (χ0) is 6.62. The van der Waals surface area contributed by atoms with Crippen LogP contribution in [-0.4, -0.2) is 19.9 Å². The molecule has 0 aliphatic carbocycles. The zero-order valence-electron chi connectivity index (χ0n) is 5.42. The number of hydrogen-bond donors (Lipinski definition) is 1. The number of hydrogen-bond acceptors (Lipinski definition) is 2. The molecule has 2 N–H and O–H groups in total. The average Bonchev–Trinajstić information content (AvgIpc) is 1.59. The molecule has 0 saturated heterocycles. The van der Waals surface area contributed by atoms with Crippen LogP contribution in [0.3, 0.4) is 0 Å². The van der Waals surface area contributed by atoms with Crippen molar-refractivity contribution in [1.29, 1.82) is 0 Å². The molecule has 2 nitrogen and oxygen atoms in total. The summed E-state index contributed by atoms with van der Waals surface area (Å²) in [6, 6.07) is 0. The second-order valence-electron chi connectivity index (χ2n) is 2.19. The van der Waals surface area contributed by atoms with Crippen LogP contribution in [0.15, 0.2) is 0 Å². The Balaban J connectivity index is 3.26. The van der Waals surface area contributed by atoms with Gasteiger partial charge in [0.15, 0.2) is 0 Å². The van der Waals surface area contributed by atoms with E-state index < -0.39 is 7.14 Å². The van der Waals surface area contributed by atoms with Crippen molar-refractivity contribution in [3.05, 3.63) is 6.16 Å². The summed E-state index contributed by atoms with van der Waals surface area (Å²) < 4.78 is 10.9. The first-order valence-electron chi connectivity index (χ1n) is 2.65. The maximum Gasteiger partial charge on any atom is 0.0856 e. The molecule has 0 aliphatic rings. The molecule has 0 aromatic heterocycles. The number of rotatable bonds is 3. The first-order valence-corrected chi connectivity index (χ1v) is 5.32. The lowest BCUT2D eigenvalue weighted by Crippen LogP contribution is -1.97. The molecule has 0 aromatic carbocycles. The minimum Gasteiger partial charge on any atom is -0.330 e. The second-order valence-corrected chi connectivity index (χ2v) is 5.43. The van der Waals surface area contributed by atoms with E-state index in [1.807, 2.05) is 0 Å². The maximum absolute atomic E-state index is 10.9. The Labute approximate surface area is 50.8 Å². The van der Waals surface area contributed by atoms with Gasteiger partial charge in [0.2, 0.25) is 0 Å². The summed E-state index contributed by atoms with van der Waals surface area (Å²) in [5.41, 5.74) is 5.18. The average molecular weight is 134 g/mol. The molecule has 0 fully saturated rings. The standard InChI is InChI=1S/C5H13NOP/c1-8(2,7)5-3-4-6/h5H,3-4,6H2,1-2H3. The third kappa shape index (κ3) is 6.19. The van der Waals surface area contributed by atoms with Gasteiger partial charge in [-0.25, -0.2) is 0 Å². The summed E-state index contributed by atoms with van der Waals surface area (Å²) in [6.07, 6.45) is 2.57. The summed E-state index contributed by atoms with van der Waals surface area (Å²) in [5, 5.41) is 0. The highest BCUT2D eigenvalue weighted by Gasteiger charge is 2.04. The van der Waals surface area contributed by atoms with Crippen molar-refractivity contribution in [2.24, 2.45) is 5.73 Å². The Kier molecular flexibility index (Phi) is 3.34. The summed E-state index contributed by atoms with van der Waals surface area (Å²) >= 11 is 0. The van der Waals surface area contributed by atoms with Gasteiger partial charge in [0.1, 0.15) is 0 Å². The predicted molar refractivity (Wildman–Crippen MR) is 37.4 cm³/mol. The summed E-state index contributed by atoms with van der Waals surface area (Å²) in [7, 11) is -1.89. The summed E-state index contributed by atoms with van der Waals surface area (Å²) in [4.78, 5) is 0. The molecule has 0 aromatic rings. The van der Waals surface area contributed by atoms with Gasteiger partial charge in [-0.15, -0.1) is 0 Å². The molecule has 0 atom stereocenters. The van der Waals surface area contributed by atoms with Crippen LogP contribution in [0.1, 0.15) is 6.42 Å². The van der Waals surface area contributed by atoms with Crippen LogP contribution >= 0.6 is 7.14 Å². The molecule has 0 unspecified atom stereocenters. The summed E-state index contributed by atoms with van der Waals surface area (Å²) in [6.45, 7) is 4.08. The van der Waals surface area contributed by atoms with E-state index in [1.165, 1.54) is 0 Å². The molecular weight excluding hydrogens is 121 g/mol. The summed E-state index contributed by atoms with van der Waals surface area (Å²) in [5.74, 6) is 0. The lowest BCUT2D eigenvalue weighted by Gasteiger charge is -2.01. The molecule has 0 saturated carbocycles. The SMILES string of the molecule is CP(C)(=O)[CH]CCN. The smallest absolute Gasteiger partial charge is 0.0856 e. The molecule has 0 rings (SSSR count). The van der Waals surface area contributed by atoms with E-state index in [0.29, 0.717) is 6.54 Å². The van der Waals surface area contributed by atoms with Crippen molar-refractivity contribution in [3.8, 4) is 0 Å². The van der Waals surface area contributed by atoms with Gasteiger partial charge < -0.3 is 10.3 Å². The van der Waals surface area contributed by atoms with Gasteiger partial charge in [-0.3, -0.25) is 0 Å². The molecule has 0 bridgehead atoms. The molecule has 1 radical (unpaired) electrons. The van der Waals surface area contributed by atoms with Crippen LogP contribution in [0.5, 0.6) is 0 Å². The highest BCUT2D eigenvalue weighted by atomic mass is 31.2.